The molecule has 7 nitrogen and oxygen atoms in total. The van der Waals surface area contributed by atoms with Crippen molar-refractivity contribution in [2.75, 3.05) is 11.9 Å². The molecule has 4 rings (SSSR count). The Labute approximate surface area is 168 Å². The first-order valence-electron chi connectivity index (χ1n) is 8.81. The minimum absolute atomic E-state index is 0.147. The van der Waals surface area contributed by atoms with Gasteiger partial charge in [0.25, 0.3) is 10.0 Å². The second-order valence-electron chi connectivity index (χ2n) is 6.18. The number of ether oxygens (including phenoxy) is 1. The third-order valence-electron chi connectivity index (χ3n) is 4.31. The molecular formula is C21H18N4O3S. The van der Waals surface area contributed by atoms with Crippen LogP contribution in [0.1, 0.15) is 0 Å². The number of sulfonamides is 1. The summed E-state index contributed by atoms with van der Waals surface area (Å²) in [6, 6.07) is 24.6. The predicted octanol–water partition coefficient (Wildman–Crippen LogP) is 3.55. The molecule has 0 aliphatic rings. The lowest BCUT2D eigenvalue weighted by Gasteiger charge is -2.14. The van der Waals surface area contributed by atoms with Crippen molar-refractivity contribution >= 4 is 10.0 Å². The molecule has 0 saturated heterocycles. The van der Waals surface area contributed by atoms with E-state index in [4.69, 9.17) is 4.74 Å². The van der Waals surface area contributed by atoms with Gasteiger partial charge >= 0.3 is 0 Å². The van der Waals surface area contributed by atoms with Gasteiger partial charge in [-0.1, -0.05) is 48.5 Å². The van der Waals surface area contributed by atoms with E-state index in [1.54, 1.807) is 49.6 Å². The van der Waals surface area contributed by atoms with E-state index in [0.717, 1.165) is 5.56 Å². The van der Waals surface area contributed by atoms with Gasteiger partial charge in [-0.05, 0) is 36.4 Å². The van der Waals surface area contributed by atoms with Gasteiger partial charge in [0, 0.05) is 11.1 Å². The van der Waals surface area contributed by atoms with E-state index < -0.39 is 10.0 Å². The molecule has 0 saturated carbocycles. The standard InChI is InChI=1S/C21H18N4O3S/c1-28-18-14-12-17(13-15-18)21-23-22-20(16-8-4-2-5-9-16)25(21)24-29(26,27)19-10-6-3-7-11-19/h2-15,24H,1H3. The highest BCUT2D eigenvalue weighted by atomic mass is 32.2. The second-order valence-corrected chi connectivity index (χ2v) is 7.85. The maximum Gasteiger partial charge on any atom is 0.275 e. The summed E-state index contributed by atoms with van der Waals surface area (Å²) >= 11 is 0. The highest BCUT2D eigenvalue weighted by molar-refractivity contribution is 7.92. The summed E-state index contributed by atoms with van der Waals surface area (Å²) in [5.74, 6) is 1.44. The van der Waals surface area contributed by atoms with Crippen LogP contribution >= 0.6 is 0 Å². The SMILES string of the molecule is COc1ccc(-c2nnc(-c3ccccc3)n2NS(=O)(=O)c2ccccc2)cc1. The van der Waals surface area contributed by atoms with Gasteiger partial charge in [-0.3, -0.25) is 0 Å². The third-order valence-corrected chi connectivity index (χ3v) is 5.62. The van der Waals surface area contributed by atoms with E-state index in [1.165, 1.54) is 16.8 Å². The quantitative estimate of drug-likeness (QED) is 0.529. The Morgan fingerprint density at radius 1 is 0.759 bits per heavy atom. The summed E-state index contributed by atoms with van der Waals surface area (Å²) in [5.41, 5.74) is 1.42. The molecule has 4 aromatic rings. The Bertz CT molecular complexity index is 1210. The molecule has 1 heterocycles. The molecule has 1 aromatic heterocycles. The Morgan fingerprint density at radius 2 is 1.28 bits per heavy atom. The molecule has 29 heavy (non-hydrogen) atoms. The minimum atomic E-state index is -3.85. The lowest BCUT2D eigenvalue weighted by atomic mass is 10.2. The average Bonchev–Trinajstić information content (AvgIpc) is 3.18. The van der Waals surface area contributed by atoms with Crippen LogP contribution in [0, 0.1) is 0 Å². The van der Waals surface area contributed by atoms with Gasteiger partial charge in [-0.2, -0.15) is 8.42 Å². The average molecular weight is 406 g/mol. The topological polar surface area (TPSA) is 86.1 Å². The van der Waals surface area contributed by atoms with Crippen molar-refractivity contribution in [1.29, 1.82) is 0 Å². The van der Waals surface area contributed by atoms with E-state index in [-0.39, 0.29) is 4.90 Å². The van der Waals surface area contributed by atoms with Gasteiger partial charge in [0.2, 0.25) is 0 Å². The van der Waals surface area contributed by atoms with Crippen LogP contribution in [0.4, 0.5) is 0 Å². The zero-order valence-corrected chi connectivity index (χ0v) is 16.4. The Hall–Kier alpha value is -3.65. The molecule has 8 heteroatoms. The lowest BCUT2D eigenvalue weighted by molar-refractivity contribution is 0.415. The highest BCUT2D eigenvalue weighted by Crippen LogP contribution is 2.26. The van der Waals surface area contributed by atoms with Gasteiger partial charge in [-0.15, -0.1) is 10.2 Å². The van der Waals surface area contributed by atoms with Crippen LogP contribution in [0.15, 0.2) is 89.8 Å². The molecular weight excluding hydrogens is 388 g/mol. The maximum atomic E-state index is 13.0. The summed E-state index contributed by atoms with van der Waals surface area (Å²) in [6.07, 6.45) is 0. The summed E-state index contributed by atoms with van der Waals surface area (Å²) in [5, 5.41) is 8.48. The zero-order chi connectivity index (χ0) is 20.3. The number of nitrogens with one attached hydrogen (secondary N) is 1. The van der Waals surface area contributed by atoms with Crippen molar-refractivity contribution in [2.24, 2.45) is 0 Å². The van der Waals surface area contributed by atoms with Gasteiger partial charge in [0.1, 0.15) is 5.75 Å². The Kier molecular flexibility index (Phi) is 5.01. The van der Waals surface area contributed by atoms with Gasteiger partial charge in [0.05, 0.1) is 12.0 Å². The van der Waals surface area contributed by atoms with E-state index >= 15 is 0 Å². The first kappa shape index (κ1) is 18.7. The van der Waals surface area contributed by atoms with E-state index in [0.29, 0.717) is 23.0 Å². The number of aromatic nitrogens is 3. The predicted molar refractivity (Wildman–Crippen MR) is 110 cm³/mol. The van der Waals surface area contributed by atoms with Crippen LogP contribution in [0.5, 0.6) is 5.75 Å². The number of methoxy groups -OCH3 is 1. The highest BCUT2D eigenvalue weighted by Gasteiger charge is 2.21. The van der Waals surface area contributed by atoms with E-state index in [2.05, 4.69) is 15.0 Å². The van der Waals surface area contributed by atoms with Crippen LogP contribution < -0.4 is 9.57 Å². The van der Waals surface area contributed by atoms with Crippen LogP contribution in [-0.4, -0.2) is 30.4 Å². The molecule has 0 amide bonds. The minimum Gasteiger partial charge on any atom is -0.497 e. The normalized spacial score (nSPS) is 11.2. The van der Waals surface area contributed by atoms with Crippen LogP contribution in [-0.2, 0) is 10.0 Å². The molecule has 0 aliphatic heterocycles. The molecule has 0 aliphatic carbocycles. The summed E-state index contributed by atoms with van der Waals surface area (Å²) in [4.78, 5) is 2.76. The summed E-state index contributed by atoms with van der Waals surface area (Å²) in [7, 11) is -2.27. The van der Waals surface area contributed by atoms with Crippen molar-refractivity contribution < 1.29 is 13.2 Å². The Balaban J connectivity index is 1.84. The fourth-order valence-electron chi connectivity index (χ4n) is 2.84. The van der Waals surface area contributed by atoms with Crippen LogP contribution in [0.3, 0.4) is 0 Å². The molecule has 0 radical (unpaired) electrons. The first-order valence-corrected chi connectivity index (χ1v) is 10.3. The number of hydrogen-bond donors (Lipinski definition) is 1. The fourth-order valence-corrected chi connectivity index (χ4v) is 3.88. The zero-order valence-electron chi connectivity index (χ0n) is 15.6. The largest absolute Gasteiger partial charge is 0.497 e. The first-order chi connectivity index (χ1) is 14.1. The number of nitrogens with zero attached hydrogens (tertiary/aromatic N) is 3. The molecule has 0 bridgehead atoms. The van der Waals surface area contributed by atoms with Gasteiger partial charge in [0.15, 0.2) is 11.6 Å². The van der Waals surface area contributed by atoms with E-state index in [1.807, 2.05) is 30.3 Å². The van der Waals surface area contributed by atoms with Crippen molar-refractivity contribution in [2.45, 2.75) is 4.90 Å². The molecule has 3 aromatic carbocycles. The van der Waals surface area contributed by atoms with Crippen LogP contribution in [0.2, 0.25) is 0 Å². The molecule has 1 N–H and O–H groups in total. The van der Waals surface area contributed by atoms with Crippen LogP contribution in [0.25, 0.3) is 22.8 Å². The van der Waals surface area contributed by atoms with Gasteiger partial charge in [-0.25, -0.2) is 9.51 Å². The molecule has 0 fully saturated rings. The number of rotatable bonds is 6. The number of hydrogen-bond acceptors (Lipinski definition) is 5. The van der Waals surface area contributed by atoms with Crippen molar-refractivity contribution in [3.8, 4) is 28.5 Å². The molecule has 0 atom stereocenters. The summed E-state index contributed by atoms with van der Waals surface area (Å²) in [6.45, 7) is 0. The van der Waals surface area contributed by atoms with Crippen molar-refractivity contribution in [1.82, 2.24) is 14.9 Å². The van der Waals surface area contributed by atoms with Gasteiger partial charge < -0.3 is 4.74 Å². The molecule has 146 valence electrons. The smallest absolute Gasteiger partial charge is 0.275 e. The number of benzene rings is 3. The van der Waals surface area contributed by atoms with Crippen molar-refractivity contribution in [3.63, 3.8) is 0 Å². The fraction of sp³-hybridized carbons (Fsp3) is 0.0476. The molecule has 0 spiro atoms. The second kappa shape index (κ2) is 7.76. The summed E-state index contributed by atoms with van der Waals surface area (Å²) < 4.78 is 32.5. The van der Waals surface area contributed by atoms with E-state index in [9.17, 15) is 8.42 Å². The lowest BCUT2D eigenvalue weighted by Crippen LogP contribution is -2.25. The molecule has 0 unspecified atom stereocenters. The monoisotopic (exact) mass is 406 g/mol. The maximum absolute atomic E-state index is 13.0. The Morgan fingerprint density at radius 3 is 1.83 bits per heavy atom. The van der Waals surface area contributed by atoms with Crippen molar-refractivity contribution in [3.05, 3.63) is 84.9 Å². The third kappa shape index (κ3) is 3.83.